The van der Waals surface area contributed by atoms with Crippen molar-refractivity contribution >= 4 is 50.1 Å². The lowest BCUT2D eigenvalue weighted by atomic mass is 10.3. The summed E-state index contributed by atoms with van der Waals surface area (Å²) in [6.45, 7) is 5.93. The van der Waals surface area contributed by atoms with Gasteiger partial charge in [-0.15, -0.1) is 0 Å². The molecule has 2 aromatic rings. The maximum atomic E-state index is 12.4. The average molecular weight is 349 g/mol. The van der Waals surface area contributed by atoms with E-state index in [9.17, 15) is 8.42 Å². The van der Waals surface area contributed by atoms with Crippen LogP contribution < -0.4 is 10.0 Å². The molecule has 0 spiro atoms. The molecular formula is C12H17ClN4O2S2. The highest BCUT2D eigenvalue weighted by molar-refractivity contribution is 7.93. The van der Waals surface area contributed by atoms with Crippen molar-refractivity contribution in [2.24, 2.45) is 0 Å². The van der Waals surface area contributed by atoms with Crippen molar-refractivity contribution in [3.05, 3.63) is 17.2 Å². The van der Waals surface area contributed by atoms with E-state index in [0.717, 1.165) is 11.7 Å². The molecule has 2 N–H and O–H groups in total. The second-order valence-corrected chi connectivity index (χ2v) is 8.11. The maximum Gasteiger partial charge on any atom is 0.236 e. The van der Waals surface area contributed by atoms with E-state index in [1.165, 1.54) is 0 Å². The van der Waals surface area contributed by atoms with Crippen LogP contribution in [0.1, 0.15) is 20.8 Å². The second kappa shape index (κ2) is 6.43. The number of benzene rings is 1. The van der Waals surface area contributed by atoms with E-state index in [0.29, 0.717) is 28.3 Å². The standard InChI is InChI=1S/C12H17ClN4O2S2/c1-7(2)14-6-8(3)21(18,19)17-11-9(13)4-5-10-12(11)16-20-15-10/h4-5,7-8,14,17H,6H2,1-3H3. The van der Waals surface area contributed by atoms with Crippen molar-refractivity contribution < 1.29 is 8.42 Å². The van der Waals surface area contributed by atoms with E-state index in [1.807, 2.05) is 13.8 Å². The molecule has 6 nitrogen and oxygen atoms in total. The zero-order chi connectivity index (χ0) is 15.6. The van der Waals surface area contributed by atoms with Gasteiger partial charge in [0.2, 0.25) is 10.0 Å². The van der Waals surface area contributed by atoms with Gasteiger partial charge in [-0.1, -0.05) is 25.4 Å². The molecule has 1 heterocycles. The summed E-state index contributed by atoms with van der Waals surface area (Å²) in [7, 11) is -3.56. The molecule has 0 radical (unpaired) electrons. The lowest BCUT2D eigenvalue weighted by molar-refractivity contribution is 0.553. The lowest BCUT2D eigenvalue weighted by Crippen LogP contribution is -2.37. The van der Waals surface area contributed by atoms with E-state index >= 15 is 0 Å². The predicted octanol–water partition coefficient (Wildman–Crippen LogP) is 2.47. The maximum absolute atomic E-state index is 12.4. The molecule has 0 saturated carbocycles. The Morgan fingerprint density at radius 3 is 2.67 bits per heavy atom. The van der Waals surface area contributed by atoms with Crippen LogP contribution in [-0.4, -0.2) is 35.0 Å². The molecule has 1 atom stereocenters. The van der Waals surface area contributed by atoms with Gasteiger partial charge in [0.05, 0.1) is 27.7 Å². The Kier molecular flexibility index (Phi) is 5.03. The van der Waals surface area contributed by atoms with E-state index in [4.69, 9.17) is 11.6 Å². The average Bonchev–Trinajstić information content (AvgIpc) is 2.87. The highest BCUT2D eigenvalue weighted by Gasteiger charge is 2.23. The Labute approximate surface area is 133 Å². The number of sulfonamides is 1. The van der Waals surface area contributed by atoms with Gasteiger partial charge in [-0.3, -0.25) is 4.72 Å². The minimum absolute atomic E-state index is 0.220. The summed E-state index contributed by atoms with van der Waals surface area (Å²) >= 11 is 7.11. The monoisotopic (exact) mass is 348 g/mol. The lowest BCUT2D eigenvalue weighted by Gasteiger charge is -2.17. The Bertz CT molecular complexity index is 730. The highest BCUT2D eigenvalue weighted by atomic mass is 35.5. The number of hydrogen-bond acceptors (Lipinski definition) is 6. The molecule has 0 aliphatic carbocycles. The highest BCUT2D eigenvalue weighted by Crippen LogP contribution is 2.31. The van der Waals surface area contributed by atoms with Crippen molar-refractivity contribution in [3.63, 3.8) is 0 Å². The fourth-order valence-electron chi connectivity index (χ4n) is 1.68. The number of halogens is 1. The molecule has 2 rings (SSSR count). The SMILES string of the molecule is CC(C)NCC(C)S(=O)(=O)Nc1c(Cl)ccc2nsnc12. The molecule has 9 heteroatoms. The number of nitrogens with one attached hydrogen (secondary N) is 2. The zero-order valence-electron chi connectivity index (χ0n) is 11.9. The van der Waals surface area contributed by atoms with Crippen LogP contribution >= 0.6 is 23.3 Å². The molecule has 0 amide bonds. The Hall–Kier alpha value is -0.960. The first-order chi connectivity index (χ1) is 9.81. The van der Waals surface area contributed by atoms with E-state index in [-0.39, 0.29) is 6.04 Å². The summed E-state index contributed by atoms with van der Waals surface area (Å²) < 4.78 is 35.5. The molecular weight excluding hydrogens is 332 g/mol. The molecule has 0 bridgehead atoms. The molecule has 0 fully saturated rings. The molecule has 116 valence electrons. The molecule has 1 unspecified atom stereocenters. The molecule has 1 aromatic heterocycles. The van der Waals surface area contributed by atoms with Crippen molar-refractivity contribution in [1.82, 2.24) is 14.1 Å². The topological polar surface area (TPSA) is 84.0 Å². The third kappa shape index (κ3) is 3.82. The fourth-order valence-corrected chi connectivity index (χ4v) is 3.48. The largest absolute Gasteiger partial charge is 0.313 e. The van der Waals surface area contributed by atoms with Gasteiger partial charge in [0.25, 0.3) is 0 Å². The van der Waals surface area contributed by atoms with Crippen LogP contribution in [0.4, 0.5) is 5.69 Å². The van der Waals surface area contributed by atoms with Crippen molar-refractivity contribution in [3.8, 4) is 0 Å². The van der Waals surface area contributed by atoms with Crippen LogP contribution in [0.3, 0.4) is 0 Å². The van der Waals surface area contributed by atoms with Gasteiger partial charge in [0, 0.05) is 12.6 Å². The number of hydrogen-bond donors (Lipinski definition) is 2. The first-order valence-corrected chi connectivity index (χ1v) is 9.12. The van der Waals surface area contributed by atoms with E-state index < -0.39 is 15.3 Å². The molecule has 0 aliphatic heterocycles. The van der Waals surface area contributed by atoms with Crippen LogP contribution in [0, 0.1) is 0 Å². The van der Waals surface area contributed by atoms with Crippen LogP contribution in [-0.2, 0) is 10.0 Å². The number of aromatic nitrogens is 2. The number of rotatable bonds is 6. The summed E-state index contributed by atoms with van der Waals surface area (Å²) in [6.07, 6.45) is 0. The summed E-state index contributed by atoms with van der Waals surface area (Å²) in [5.74, 6) is 0. The molecule has 0 aliphatic rings. The summed E-state index contributed by atoms with van der Waals surface area (Å²) in [6, 6.07) is 3.54. The Morgan fingerprint density at radius 1 is 1.29 bits per heavy atom. The van der Waals surface area contributed by atoms with Gasteiger partial charge in [-0.25, -0.2) is 8.42 Å². The van der Waals surface area contributed by atoms with Crippen LogP contribution in [0.15, 0.2) is 12.1 Å². The molecule has 1 aromatic carbocycles. The van der Waals surface area contributed by atoms with Crippen molar-refractivity contribution in [2.75, 3.05) is 11.3 Å². The first-order valence-electron chi connectivity index (χ1n) is 6.47. The molecule has 21 heavy (non-hydrogen) atoms. The summed E-state index contributed by atoms with van der Waals surface area (Å²) in [4.78, 5) is 0. The first kappa shape index (κ1) is 16.4. The van der Waals surface area contributed by atoms with E-state index in [1.54, 1.807) is 19.1 Å². The van der Waals surface area contributed by atoms with Crippen LogP contribution in [0.25, 0.3) is 11.0 Å². The van der Waals surface area contributed by atoms with Gasteiger partial charge in [-0.2, -0.15) is 8.75 Å². The molecule has 0 saturated heterocycles. The number of anilines is 1. The van der Waals surface area contributed by atoms with E-state index in [2.05, 4.69) is 18.8 Å². The second-order valence-electron chi connectivity index (χ2n) is 5.07. The van der Waals surface area contributed by atoms with Gasteiger partial charge >= 0.3 is 0 Å². The third-order valence-corrected chi connectivity index (χ3v) is 5.54. The van der Waals surface area contributed by atoms with Gasteiger partial charge < -0.3 is 5.32 Å². The summed E-state index contributed by atoms with van der Waals surface area (Å²) in [5, 5.41) is 2.81. The minimum atomic E-state index is -3.56. The van der Waals surface area contributed by atoms with Crippen LogP contribution in [0.2, 0.25) is 5.02 Å². The van der Waals surface area contributed by atoms with Crippen LogP contribution in [0.5, 0.6) is 0 Å². The van der Waals surface area contributed by atoms with Gasteiger partial charge in [-0.05, 0) is 19.1 Å². The Morgan fingerprint density at radius 2 is 2.00 bits per heavy atom. The predicted molar refractivity (Wildman–Crippen MR) is 87.6 cm³/mol. The third-order valence-electron chi connectivity index (χ3n) is 2.96. The summed E-state index contributed by atoms with van der Waals surface area (Å²) in [5.41, 5.74) is 1.38. The van der Waals surface area contributed by atoms with Crippen molar-refractivity contribution in [2.45, 2.75) is 32.1 Å². The van der Waals surface area contributed by atoms with Gasteiger partial charge in [0.15, 0.2) is 0 Å². The van der Waals surface area contributed by atoms with Gasteiger partial charge in [0.1, 0.15) is 11.0 Å². The van der Waals surface area contributed by atoms with Crippen molar-refractivity contribution in [1.29, 1.82) is 0 Å². The minimum Gasteiger partial charge on any atom is -0.313 e. The fraction of sp³-hybridized carbons (Fsp3) is 0.500. The zero-order valence-corrected chi connectivity index (χ0v) is 14.3. The smallest absolute Gasteiger partial charge is 0.236 e. The Balaban J connectivity index is 2.26. The normalized spacial score (nSPS) is 13.8. The number of fused-ring (bicyclic) bond motifs is 1. The number of nitrogens with zero attached hydrogens (tertiary/aromatic N) is 2. The quantitative estimate of drug-likeness (QED) is 0.837.